The molecule has 94 valence electrons. The van der Waals surface area contributed by atoms with E-state index in [0.29, 0.717) is 5.95 Å². The van der Waals surface area contributed by atoms with Crippen LogP contribution in [0.1, 0.15) is 26.7 Å². The fourth-order valence-corrected chi connectivity index (χ4v) is 1.93. The van der Waals surface area contributed by atoms with Crippen LogP contribution in [-0.2, 0) is 4.74 Å². The van der Waals surface area contributed by atoms with Crippen LogP contribution < -0.4 is 10.6 Å². The average molecular weight is 236 g/mol. The van der Waals surface area contributed by atoms with Crippen LogP contribution in [0.2, 0.25) is 0 Å². The van der Waals surface area contributed by atoms with Crippen LogP contribution in [0.15, 0.2) is 12.3 Å². The van der Waals surface area contributed by atoms with Gasteiger partial charge in [0, 0.05) is 31.5 Å². The summed E-state index contributed by atoms with van der Waals surface area (Å²) in [7, 11) is 0. The Morgan fingerprint density at radius 3 is 2.88 bits per heavy atom. The maximum absolute atomic E-state index is 5.38. The van der Waals surface area contributed by atoms with Gasteiger partial charge in [-0.2, -0.15) is 4.98 Å². The van der Waals surface area contributed by atoms with E-state index in [1.54, 1.807) is 6.20 Å². The van der Waals surface area contributed by atoms with Crippen molar-refractivity contribution >= 4 is 11.8 Å². The van der Waals surface area contributed by atoms with Crippen LogP contribution in [0.5, 0.6) is 0 Å². The second-order valence-electron chi connectivity index (χ2n) is 4.59. The lowest BCUT2D eigenvalue weighted by Crippen LogP contribution is -2.40. The van der Waals surface area contributed by atoms with Crippen molar-refractivity contribution in [2.45, 2.75) is 32.2 Å². The standard InChI is InChI=1S/C12H20N4O/c1-3-13-11-14-7-4-10(15-11)16-12(2)5-8-17-9-6-12/h4,7H,3,5-6,8-9H2,1-2H3,(H2,13,14,15,16). The lowest BCUT2D eigenvalue weighted by atomic mass is 9.92. The molecule has 1 fully saturated rings. The van der Waals surface area contributed by atoms with Gasteiger partial charge < -0.3 is 15.4 Å². The largest absolute Gasteiger partial charge is 0.381 e. The molecule has 1 aliphatic rings. The number of nitrogens with one attached hydrogen (secondary N) is 2. The van der Waals surface area contributed by atoms with Crippen molar-refractivity contribution in [2.24, 2.45) is 0 Å². The highest BCUT2D eigenvalue weighted by Crippen LogP contribution is 2.24. The Morgan fingerprint density at radius 2 is 2.18 bits per heavy atom. The molecule has 1 saturated heterocycles. The fraction of sp³-hybridized carbons (Fsp3) is 0.667. The predicted octanol–water partition coefficient (Wildman–Crippen LogP) is 1.89. The second kappa shape index (κ2) is 5.31. The molecule has 1 aromatic rings. The first-order valence-electron chi connectivity index (χ1n) is 6.15. The van der Waals surface area contributed by atoms with Gasteiger partial charge in [-0.25, -0.2) is 4.98 Å². The first kappa shape index (κ1) is 12.1. The summed E-state index contributed by atoms with van der Waals surface area (Å²) in [6.07, 6.45) is 3.79. The van der Waals surface area contributed by atoms with Gasteiger partial charge in [0.25, 0.3) is 0 Å². The zero-order chi connectivity index (χ0) is 12.1. The summed E-state index contributed by atoms with van der Waals surface area (Å²) in [6.45, 7) is 6.70. The van der Waals surface area contributed by atoms with Crippen molar-refractivity contribution in [3.05, 3.63) is 12.3 Å². The van der Waals surface area contributed by atoms with Crippen LogP contribution in [0, 0.1) is 0 Å². The monoisotopic (exact) mass is 236 g/mol. The normalized spacial score (nSPS) is 18.7. The summed E-state index contributed by atoms with van der Waals surface area (Å²) in [5.74, 6) is 1.55. The number of anilines is 2. The van der Waals surface area contributed by atoms with Gasteiger partial charge in [0.05, 0.1) is 0 Å². The fourth-order valence-electron chi connectivity index (χ4n) is 1.93. The highest BCUT2D eigenvalue weighted by atomic mass is 16.5. The van der Waals surface area contributed by atoms with E-state index in [-0.39, 0.29) is 5.54 Å². The number of hydrogen-bond donors (Lipinski definition) is 2. The van der Waals surface area contributed by atoms with E-state index in [9.17, 15) is 0 Å². The minimum absolute atomic E-state index is 0.0795. The molecule has 0 aliphatic carbocycles. The molecule has 1 aromatic heterocycles. The summed E-state index contributed by atoms with van der Waals surface area (Å²) < 4.78 is 5.38. The van der Waals surface area contributed by atoms with Gasteiger partial charge >= 0.3 is 0 Å². The summed E-state index contributed by atoms with van der Waals surface area (Å²) in [5, 5.41) is 6.60. The average Bonchev–Trinajstić information content (AvgIpc) is 2.30. The minimum atomic E-state index is 0.0795. The summed E-state index contributed by atoms with van der Waals surface area (Å²) in [5.41, 5.74) is 0.0795. The molecule has 1 aliphatic heterocycles. The Balaban J connectivity index is 2.04. The van der Waals surface area contributed by atoms with Crippen LogP contribution in [0.4, 0.5) is 11.8 Å². The topological polar surface area (TPSA) is 59.1 Å². The molecule has 0 radical (unpaired) electrons. The van der Waals surface area contributed by atoms with Crippen LogP contribution in [0.25, 0.3) is 0 Å². The van der Waals surface area contributed by atoms with E-state index >= 15 is 0 Å². The molecule has 0 atom stereocenters. The van der Waals surface area contributed by atoms with Gasteiger partial charge in [0.15, 0.2) is 0 Å². The van der Waals surface area contributed by atoms with Crippen molar-refractivity contribution in [1.82, 2.24) is 9.97 Å². The number of rotatable bonds is 4. The Hall–Kier alpha value is -1.36. The number of hydrogen-bond acceptors (Lipinski definition) is 5. The van der Waals surface area contributed by atoms with Crippen molar-refractivity contribution in [3.63, 3.8) is 0 Å². The van der Waals surface area contributed by atoms with Crippen molar-refractivity contribution in [1.29, 1.82) is 0 Å². The minimum Gasteiger partial charge on any atom is -0.381 e. The molecule has 17 heavy (non-hydrogen) atoms. The van der Waals surface area contributed by atoms with Gasteiger partial charge in [-0.1, -0.05) is 0 Å². The van der Waals surface area contributed by atoms with Crippen LogP contribution in [0.3, 0.4) is 0 Å². The van der Waals surface area contributed by atoms with E-state index in [2.05, 4.69) is 27.5 Å². The maximum atomic E-state index is 5.38. The third-order valence-corrected chi connectivity index (χ3v) is 3.02. The molecule has 0 aromatic carbocycles. The molecule has 2 N–H and O–H groups in total. The van der Waals surface area contributed by atoms with Crippen molar-refractivity contribution < 1.29 is 4.74 Å². The molecule has 5 nitrogen and oxygen atoms in total. The van der Waals surface area contributed by atoms with E-state index in [1.807, 2.05) is 13.0 Å². The molecular formula is C12H20N4O. The first-order valence-corrected chi connectivity index (χ1v) is 6.15. The van der Waals surface area contributed by atoms with E-state index in [4.69, 9.17) is 4.74 Å². The van der Waals surface area contributed by atoms with Crippen molar-refractivity contribution in [2.75, 3.05) is 30.4 Å². The molecule has 5 heteroatoms. The number of nitrogens with zero attached hydrogens (tertiary/aromatic N) is 2. The summed E-state index contributed by atoms with van der Waals surface area (Å²) >= 11 is 0. The van der Waals surface area contributed by atoms with Gasteiger partial charge in [-0.15, -0.1) is 0 Å². The Morgan fingerprint density at radius 1 is 1.41 bits per heavy atom. The van der Waals surface area contributed by atoms with E-state index < -0.39 is 0 Å². The van der Waals surface area contributed by atoms with Gasteiger partial charge in [0.2, 0.25) is 5.95 Å². The smallest absolute Gasteiger partial charge is 0.224 e. The molecular weight excluding hydrogens is 216 g/mol. The first-order chi connectivity index (χ1) is 8.22. The molecule has 0 spiro atoms. The van der Waals surface area contributed by atoms with E-state index in [0.717, 1.165) is 38.4 Å². The molecule has 0 bridgehead atoms. The Kier molecular flexibility index (Phi) is 3.78. The highest BCUT2D eigenvalue weighted by molar-refractivity contribution is 5.41. The van der Waals surface area contributed by atoms with Gasteiger partial charge in [-0.05, 0) is 32.8 Å². The number of ether oxygens (including phenoxy) is 1. The summed E-state index contributed by atoms with van der Waals surface area (Å²) in [4.78, 5) is 8.59. The maximum Gasteiger partial charge on any atom is 0.224 e. The second-order valence-corrected chi connectivity index (χ2v) is 4.59. The quantitative estimate of drug-likeness (QED) is 0.836. The zero-order valence-corrected chi connectivity index (χ0v) is 10.5. The lowest BCUT2D eigenvalue weighted by Gasteiger charge is -2.34. The Bertz CT molecular complexity index is 363. The molecule has 2 heterocycles. The van der Waals surface area contributed by atoms with Gasteiger partial charge in [-0.3, -0.25) is 0 Å². The van der Waals surface area contributed by atoms with Crippen LogP contribution in [-0.4, -0.2) is 35.3 Å². The van der Waals surface area contributed by atoms with Crippen LogP contribution >= 0.6 is 0 Å². The number of aromatic nitrogens is 2. The highest BCUT2D eigenvalue weighted by Gasteiger charge is 2.27. The molecule has 0 unspecified atom stereocenters. The SMILES string of the molecule is CCNc1nccc(NC2(C)CCOCC2)n1. The zero-order valence-electron chi connectivity index (χ0n) is 10.5. The molecule has 0 amide bonds. The van der Waals surface area contributed by atoms with E-state index in [1.165, 1.54) is 0 Å². The molecule has 2 rings (SSSR count). The van der Waals surface area contributed by atoms with Gasteiger partial charge in [0.1, 0.15) is 5.82 Å². The molecule has 0 saturated carbocycles. The van der Waals surface area contributed by atoms with Crippen molar-refractivity contribution in [3.8, 4) is 0 Å². The predicted molar refractivity (Wildman–Crippen MR) is 68.3 cm³/mol. The lowest BCUT2D eigenvalue weighted by molar-refractivity contribution is 0.0657. The summed E-state index contributed by atoms with van der Waals surface area (Å²) in [6, 6.07) is 1.90. The third-order valence-electron chi connectivity index (χ3n) is 3.02. The Labute approximate surface area is 102 Å². The third kappa shape index (κ3) is 3.30.